The number of para-hydroxylation sites is 2. The average Bonchev–Trinajstić information content (AvgIpc) is 3.03. The highest BCUT2D eigenvalue weighted by Crippen LogP contribution is 2.34. The summed E-state index contributed by atoms with van der Waals surface area (Å²) in [6, 6.07) is 19.7. The van der Waals surface area contributed by atoms with Crippen LogP contribution in [0.5, 0.6) is 5.75 Å². The molecule has 4 nitrogen and oxygen atoms in total. The summed E-state index contributed by atoms with van der Waals surface area (Å²) < 4.78 is 48.3. The molecular weight excluding hydrogens is 457 g/mol. The SMILES string of the molecule is COc1cccc(S(=O)(=O)CC(F)Cn2c3ccccc3c3cccc(Br)c32)c1. The molecule has 0 aliphatic carbocycles. The summed E-state index contributed by atoms with van der Waals surface area (Å²) in [6.07, 6.45) is -1.57. The fourth-order valence-electron chi connectivity index (χ4n) is 3.63. The van der Waals surface area contributed by atoms with Crippen molar-refractivity contribution in [3.05, 3.63) is 71.2 Å². The van der Waals surface area contributed by atoms with Crippen molar-refractivity contribution in [2.24, 2.45) is 0 Å². The van der Waals surface area contributed by atoms with Gasteiger partial charge in [0.05, 0.1) is 29.8 Å². The van der Waals surface area contributed by atoms with Crippen LogP contribution in [-0.4, -0.2) is 32.0 Å². The van der Waals surface area contributed by atoms with Crippen LogP contribution in [0.3, 0.4) is 0 Å². The fourth-order valence-corrected chi connectivity index (χ4v) is 5.57. The molecule has 0 fully saturated rings. The van der Waals surface area contributed by atoms with Crippen molar-refractivity contribution in [2.75, 3.05) is 12.9 Å². The number of ether oxygens (including phenoxy) is 1. The standard InChI is InChI=1S/C22H19BrFNO3S/c1-28-16-6-4-7-17(12-16)29(26,27)14-15(24)13-25-21-11-3-2-8-18(21)19-9-5-10-20(23)22(19)25/h2-12,15H,13-14H2,1H3. The van der Waals surface area contributed by atoms with Gasteiger partial charge in [-0.05, 0) is 46.3 Å². The third kappa shape index (κ3) is 3.76. The Morgan fingerprint density at radius 2 is 1.76 bits per heavy atom. The summed E-state index contributed by atoms with van der Waals surface area (Å²) in [5, 5.41) is 2.00. The highest BCUT2D eigenvalue weighted by Gasteiger charge is 2.24. The van der Waals surface area contributed by atoms with E-state index in [9.17, 15) is 8.42 Å². The Hall–Kier alpha value is -2.38. The molecule has 1 heterocycles. The van der Waals surface area contributed by atoms with E-state index in [0.717, 1.165) is 26.3 Å². The van der Waals surface area contributed by atoms with Crippen LogP contribution in [-0.2, 0) is 16.4 Å². The van der Waals surface area contributed by atoms with Crippen LogP contribution in [0.25, 0.3) is 21.8 Å². The molecule has 4 rings (SSSR count). The van der Waals surface area contributed by atoms with Gasteiger partial charge in [-0.2, -0.15) is 0 Å². The second-order valence-corrected chi connectivity index (χ2v) is 9.71. The molecule has 4 aromatic rings. The van der Waals surface area contributed by atoms with Crippen molar-refractivity contribution in [1.82, 2.24) is 4.57 Å². The van der Waals surface area contributed by atoms with Gasteiger partial charge < -0.3 is 9.30 Å². The number of aromatic nitrogens is 1. The topological polar surface area (TPSA) is 48.3 Å². The van der Waals surface area contributed by atoms with Crippen LogP contribution in [0.4, 0.5) is 4.39 Å². The largest absolute Gasteiger partial charge is 0.497 e. The van der Waals surface area contributed by atoms with Crippen LogP contribution < -0.4 is 4.74 Å². The first-order valence-corrected chi connectivity index (χ1v) is 11.5. The molecule has 0 bridgehead atoms. The fraction of sp³-hybridized carbons (Fsp3) is 0.182. The van der Waals surface area contributed by atoms with E-state index < -0.39 is 21.8 Å². The Labute approximate surface area is 177 Å². The van der Waals surface area contributed by atoms with Crippen molar-refractivity contribution in [3.63, 3.8) is 0 Å². The maximum atomic E-state index is 15.1. The predicted octanol–water partition coefficient (Wildman–Crippen LogP) is 5.38. The van der Waals surface area contributed by atoms with E-state index >= 15 is 4.39 Å². The van der Waals surface area contributed by atoms with E-state index in [1.54, 1.807) is 12.1 Å². The van der Waals surface area contributed by atoms with E-state index in [1.165, 1.54) is 19.2 Å². The van der Waals surface area contributed by atoms with Crippen molar-refractivity contribution in [1.29, 1.82) is 0 Å². The lowest BCUT2D eigenvalue weighted by Crippen LogP contribution is -2.22. The van der Waals surface area contributed by atoms with Crippen molar-refractivity contribution < 1.29 is 17.5 Å². The van der Waals surface area contributed by atoms with Gasteiger partial charge in [0.1, 0.15) is 11.9 Å². The van der Waals surface area contributed by atoms with Gasteiger partial charge >= 0.3 is 0 Å². The summed E-state index contributed by atoms with van der Waals surface area (Å²) in [5.41, 5.74) is 1.73. The molecular formula is C22H19BrFNO3S. The zero-order chi connectivity index (χ0) is 20.6. The first kappa shape index (κ1) is 19.9. The lowest BCUT2D eigenvalue weighted by molar-refractivity contribution is 0.328. The van der Waals surface area contributed by atoms with Crippen LogP contribution in [0.2, 0.25) is 0 Å². The molecule has 150 valence electrons. The van der Waals surface area contributed by atoms with Gasteiger partial charge in [0, 0.05) is 20.8 Å². The number of benzene rings is 3. The predicted molar refractivity (Wildman–Crippen MR) is 117 cm³/mol. The first-order valence-electron chi connectivity index (χ1n) is 9.07. The molecule has 0 N–H and O–H groups in total. The quantitative estimate of drug-likeness (QED) is 0.376. The number of fused-ring (bicyclic) bond motifs is 3. The number of halogens is 2. The number of sulfone groups is 1. The first-order chi connectivity index (χ1) is 13.9. The molecule has 1 atom stereocenters. The van der Waals surface area contributed by atoms with Crippen LogP contribution in [0.15, 0.2) is 76.1 Å². The number of methoxy groups -OCH3 is 1. The number of nitrogens with zero attached hydrogens (tertiary/aromatic N) is 1. The van der Waals surface area contributed by atoms with Crippen molar-refractivity contribution >= 4 is 47.6 Å². The molecule has 0 radical (unpaired) electrons. The van der Waals surface area contributed by atoms with Gasteiger partial charge in [0.2, 0.25) is 0 Å². The highest BCUT2D eigenvalue weighted by molar-refractivity contribution is 9.10. The molecule has 0 aliphatic rings. The zero-order valence-electron chi connectivity index (χ0n) is 15.7. The zero-order valence-corrected chi connectivity index (χ0v) is 18.1. The van der Waals surface area contributed by atoms with Gasteiger partial charge in [-0.1, -0.05) is 36.4 Å². The Morgan fingerprint density at radius 1 is 1.03 bits per heavy atom. The van der Waals surface area contributed by atoms with Crippen LogP contribution >= 0.6 is 15.9 Å². The molecule has 1 aromatic heterocycles. The maximum Gasteiger partial charge on any atom is 0.181 e. The Morgan fingerprint density at radius 3 is 2.55 bits per heavy atom. The minimum absolute atomic E-state index is 0.0582. The third-order valence-corrected chi connectivity index (χ3v) is 7.34. The maximum absolute atomic E-state index is 15.1. The Kier molecular flexibility index (Phi) is 5.36. The second kappa shape index (κ2) is 7.80. The van der Waals surface area contributed by atoms with Crippen molar-refractivity contribution in [2.45, 2.75) is 17.6 Å². The summed E-state index contributed by atoms with van der Waals surface area (Å²) in [7, 11) is -2.33. The molecule has 0 spiro atoms. The molecule has 0 aliphatic heterocycles. The summed E-state index contributed by atoms with van der Waals surface area (Å²) in [4.78, 5) is 0.0582. The lowest BCUT2D eigenvalue weighted by Gasteiger charge is -2.14. The third-order valence-electron chi connectivity index (χ3n) is 4.92. The van der Waals surface area contributed by atoms with Crippen LogP contribution in [0, 0.1) is 0 Å². The smallest absolute Gasteiger partial charge is 0.181 e. The summed E-state index contributed by atoms with van der Waals surface area (Å²) >= 11 is 3.55. The number of rotatable bonds is 6. The van der Waals surface area contributed by atoms with E-state index in [1.807, 2.05) is 47.0 Å². The molecule has 0 amide bonds. The molecule has 0 saturated heterocycles. The van der Waals surface area contributed by atoms with Crippen molar-refractivity contribution in [3.8, 4) is 5.75 Å². The number of hydrogen-bond donors (Lipinski definition) is 0. The number of alkyl halides is 1. The van der Waals surface area contributed by atoms with Gasteiger partial charge in [0.15, 0.2) is 9.84 Å². The molecule has 1 unspecified atom stereocenters. The summed E-state index contributed by atoms with van der Waals surface area (Å²) in [6.45, 7) is -0.0597. The van der Waals surface area contributed by atoms with Gasteiger partial charge in [-0.25, -0.2) is 12.8 Å². The van der Waals surface area contributed by atoms with E-state index in [0.29, 0.717) is 5.75 Å². The normalized spacial score (nSPS) is 13.1. The van der Waals surface area contributed by atoms with Crippen LogP contribution in [0.1, 0.15) is 0 Å². The Bertz CT molecular complexity index is 1300. The van der Waals surface area contributed by atoms with Gasteiger partial charge in [0.25, 0.3) is 0 Å². The minimum Gasteiger partial charge on any atom is -0.497 e. The molecule has 0 saturated carbocycles. The van der Waals surface area contributed by atoms with Gasteiger partial charge in [-0.15, -0.1) is 0 Å². The monoisotopic (exact) mass is 475 g/mol. The second-order valence-electron chi connectivity index (χ2n) is 6.82. The minimum atomic E-state index is -3.79. The average molecular weight is 476 g/mol. The highest BCUT2D eigenvalue weighted by atomic mass is 79.9. The van der Waals surface area contributed by atoms with E-state index in [-0.39, 0.29) is 11.4 Å². The van der Waals surface area contributed by atoms with E-state index in [4.69, 9.17) is 4.74 Å². The molecule has 7 heteroatoms. The summed E-state index contributed by atoms with van der Waals surface area (Å²) in [5.74, 6) is -0.175. The Balaban J connectivity index is 1.69. The molecule has 3 aromatic carbocycles. The number of hydrogen-bond acceptors (Lipinski definition) is 3. The van der Waals surface area contributed by atoms with E-state index in [2.05, 4.69) is 15.9 Å². The molecule has 29 heavy (non-hydrogen) atoms. The lowest BCUT2D eigenvalue weighted by atomic mass is 10.2. The van der Waals surface area contributed by atoms with Gasteiger partial charge in [-0.3, -0.25) is 0 Å².